The molecule has 2 aromatic carbocycles. The van der Waals surface area contributed by atoms with Crippen LogP contribution in [0.2, 0.25) is 5.02 Å². The van der Waals surface area contributed by atoms with Crippen molar-refractivity contribution in [1.82, 2.24) is 0 Å². The fourth-order valence-electron chi connectivity index (χ4n) is 1.64. The maximum Gasteiger partial charge on any atom is 0.269 e. The summed E-state index contributed by atoms with van der Waals surface area (Å²) >= 11 is 12.3. The number of non-ortho nitro benzene ring substituents is 1. The normalized spacial score (nSPS) is 12.1. The van der Waals surface area contributed by atoms with Crippen molar-refractivity contribution in [2.24, 2.45) is 0 Å². The SMILES string of the molecule is O=[N+]([O-])c1ccc(Cl)c(C(Cl)c2ccccc2)c1. The summed E-state index contributed by atoms with van der Waals surface area (Å²) in [4.78, 5) is 10.3. The number of alkyl halides is 1. The molecule has 0 aliphatic carbocycles. The zero-order valence-corrected chi connectivity index (χ0v) is 10.7. The topological polar surface area (TPSA) is 43.1 Å². The number of hydrogen-bond donors (Lipinski definition) is 0. The predicted molar refractivity (Wildman–Crippen MR) is 72.2 cm³/mol. The Morgan fingerprint density at radius 2 is 1.78 bits per heavy atom. The number of hydrogen-bond acceptors (Lipinski definition) is 2. The lowest BCUT2D eigenvalue weighted by atomic mass is 10.0. The van der Waals surface area contributed by atoms with Gasteiger partial charge in [-0.3, -0.25) is 10.1 Å². The number of rotatable bonds is 3. The Bertz CT molecular complexity index is 572. The summed E-state index contributed by atoms with van der Waals surface area (Å²) in [6, 6.07) is 13.6. The quantitative estimate of drug-likeness (QED) is 0.470. The summed E-state index contributed by atoms with van der Waals surface area (Å²) in [5, 5.41) is 10.7. The van der Waals surface area contributed by atoms with Crippen LogP contribution in [-0.2, 0) is 0 Å². The van der Waals surface area contributed by atoms with Crippen LogP contribution < -0.4 is 0 Å². The Morgan fingerprint density at radius 3 is 2.39 bits per heavy atom. The van der Waals surface area contributed by atoms with Crippen LogP contribution in [0.15, 0.2) is 48.5 Å². The minimum absolute atomic E-state index is 0.0176. The Balaban J connectivity index is 2.44. The second-order valence-corrected chi connectivity index (χ2v) is 4.58. The molecular weight excluding hydrogens is 273 g/mol. The first-order chi connectivity index (χ1) is 8.59. The zero-order chi connectivity index (χ0) is 13.1. The van der Waals surface area contributed by atoms with Gasteiger partial charge in [0.15, 0.2) is 0 Å². The van der Waals surface area contributed by atoms with Crippen molar-refractivity contribution >= 4 is 28.9 Å². The molecule has 1 unspecified atom stereocenters. The second kappa shape index (κ2) is 5.38. The van der Waals surface area contributed by atoms with Gasteiger partial charge in [0.05, 0.1) is 10.3 Å². The first kappa shape index (κ1) is 12.9. The van der Waals surface area contributed by atoms with Gasteiger partial charge in [0.2, 0.25) is 0 Å². The van der Waals surface area contributed by atoms with Gasteiger partial charge in [0.25, 0.3) is 5.69 Å². The average Bonchev–Trinajstić information content (AvgIpc) is 2.39. The van der Waals surface area contributed by atoms with Crippen molar-refractivity contribution in [3.05, 3.63) is 74.8 Å². The molecule has 0 spiro atoms. The number of halogens is 2. The molecule has 18 heavy (non-hydrogen) atoms. The smallest absolute Gasteiger partial charge is 0.258 e. The summed E-state index contributed by atoms with van der Waals surface area (Å²) in [6.45, 7) is 0. The molecule has 0 N–H and O–H groups in total. The minimum atomic E-state index is -0.501. The lowest BCUT2D eigenvalue weighted by Crippen LogP contribution is -1.96. The minimum Gasteiger partial charge on any atom is -0.258 e. The van der Waals surface area contributed by atoms with E-state index in [2.05, 4.69) is 0 Å². The van der Waals surface area contributed by atoms with Crippen molar-refractivity contribution in [2.45, 2.75) is 5.38 Å². The van der Waals surface area contributed by atoms with E-state index in [1.54, 1.807) is 0 Å². The van der Waals surface area contributed by atoms with E-state index < -0.39 is 10.3 Å². The highest BCUT2D eigenvalue weighted by atomic mass is 35.5. The molecule has 0 bridgehead atoms. The van der Waals surface area contributed by atoms with Gasteiger partial charge in [-0.05, 0) is 17.2 Å². The zero-order valence-electron chi connectivity index (χ0n) is 9.22. The molecule has 1 atom stereocenters. The summed E-state index contributed by atoms with van der Waals surface area (Å²) < 4.78 is 0. The molecule has 2 rings (SSSR count). The maximum absolute atomic E-state index is 10.7. The van der Waals surface area contributed by atoms with Crippen molar-refractivity contribution in [1.29, 1.82) is 0 Å². The van der Waals surface area contributed by atoms with Crippen LogP contribution >= 0.6 is 23.2 Å². The predicted octanol–water partition coefficient (Wildman–Crippen LogP) is 4.58. The fraction of sp³-hybridized carbons (Fsp3) is 0.0769. The average molecular weight is 282 g/mol. The van der Waals surface area contributed by atoms with Crippen molar-refractivity contribution in [3.8, 4) is 0 Å². The van der Waals surface area contributed by atoms with Gasteiger partial charge < -0.3 is 0 Å². The molecule has 0 fully saturated rings. The van der Waals surface area contributed by atoms with Crippen molar-refractivity contribution in [2.75, 3.05) is 0 Å². The Morgan fingerprint density at radius 1 is 1.11 bits per heavy atom. The van der Waals surface area contributed by atoms with Gasteiger partial charge in [-0.2, -0.15) is 0 Å². The molecule has 5 heteroatoms. The van der Waals surface area contributed by atoms with E-state index >= 15 is 0 Å². The van der Waals surface area contributed by atoms with E-state index in [0.717, 1.165) is 5.56 Å². The highest BCUT2D eigenvalue weighted by molar-refractivity contribution is 6.33. The van der Waals surface area contributed by atoms with Crippen molar-refractivity contribution in [3.63, 3.8) is 0 Å². The number of benzene rings is 2. The molecule has 0 heterocycles. The van der Waals surface area contributed by atoms with E-state index in [4.69, 9.17) is 23.2 Å². The van der Waals surface area contributed by atoms with Crippen LogP contribution in [0.25, 0.3) is 0 Å². The van der Waals surface area contributed by atoms with Gasteiger partial charge in [-0.25, -0.2) is 0 Å². The second-order valence-electron chi connectivity index (χ2n) is 3.74. The molecule has 0 saturated carbocycles. The molecule has 0 amide bonds. The lowest BCUT2D eigenvalue weighted by Gasteiger charge is -2.11. The van der Waals surface area contributed by atoms with Gasteiger partial charge >= 0.3 is 0 Å². The van der Waals surface area contributed by atoms with E-state index in [0.29, 0.717) is 10.6 Å². The summed E-state index contributed by atoms with van der Waals surface area (Å²) in [6.07, 6.45) is 0. The first-order valence-corrected chi connectivity index (χ1v) is 6.04. The number of nitro groups is 1. The van der Waals surface area contributed by atoms with Crippen LogP contribution in [0.4, 0.5) is 5.69 Å². The van der Waals surface area contributed by atoms with Crippen LogP contribution in [0.1, 0.15) is 16.5 Å². The molecule has 0 aliphatic heterocycles. The third-order valence-electron chi connectivity index (χ3n) is 2.56. The van der Waals surface area contributed by atoms with E-state index in [1.807, 2.05) is 30.3 Å². The largest absolute Gasteiger partial charge is 0.269 e. The molecule has 0 aromatic heterocycles. The van der Waals surface area contributed by atoms with Crippen LogP contribution in [-0.4, -0.2) is 4.92 Å². The Kier molecular flexibility index (Phi) is 3.84. The molecule has 92 valence electrons. The first-order valence-electron chi connectivity index (χ1n) is 5.22. The lowest BCUT2D eigenvalue weighted by molar-refractivity contribution is -0.384. The number of nitrogens with zero attached hydrogens (tertiary/aromatic N) is 1. The molecule has 3 nitrogen and oxygen atoms in total. The summed E-state index contributed by atoms with van der Waals surface area (Å²) in [5.41, 5.74) is 1.37. The van der Waals surface area contributed by atoms with Gasteiger partial charge in [0, 0.05) is 17.2 Å². The molecular formula is C13H9Cl2NO2. The van der Waals surface area contributed by atoms with Crippen LogP contribution in [0.5, 0.6) is 0 Å². The highest BCUT2D eigenvalue weighted by Crippen LogP contribution is 2.35. The van der Waals surface area contributed by atoms with E-state index in [-0.39, 0.29) is 5.69 Å². The van der Waals surface area contributed by atoms with Crippen LogP contribution in [0.3, 0.4) is 0 Å². The van der Waals surface area contributed by atoms with Gasteiger partial charge in [-0.15, -0.1) is 11.6 Å². The third kappa shape index (κ3) is 2.63. The summed E-state index contributed by atoms with van der Waals surface area (Å²) in [7, 11) is 0. The van der Waals surface area contributed by atoms with E-state index in [1.165, 1.54) is 18.2 Å². The molecule has 0 aliphatic rings. The third-order valence-corrected chi connectivity index (χ3v) is 3.39. The number of nitro benzene ring substituents is 1. The van der Waals surface area contributed by atoms with E-state index in [9.17, 15) is 10.1 Å². The van der Waals surface area contributed by atoms with Crippen LogP contribution in [0, 0.1) is 10.1 Å². The van der Waals surface area contributed by atoms with Gasteiger partial charge in [0.1, 0.15) is 0 Å². The molecule has 2 aromatic rings. The monoisotopic (exact) mass is 281 g/mol. The Hall–Kier alpha value is -1.58. The molecule has 0 radical (unpaired) electrons. The fourth-order valence-corrected chi connectivity index (χ4v) is 2.25. The maximum atomic E-state index is 10.7. The highest BCUT2D eigenvalue weighted by Gasteiger charge is 2.17. The van der Waals surface area contributed by atoms with Gasteiger partial charge in [-0.1, -0.05) is 41.9 Å². The summed E-state index contributed by atoms with van der Waals surface area (Å²) in [5.74, 6) is 0. The standard InChI is InChI=1S/C13H9Cl2NO2/c14-12-7-6-10(16(17)18)8-11(12)13(15)9-4-2-1-3-5-9/h1-8,13H. The Labute approximate surface area is 114 Å². The molecule has 0 saturated heterocycles. The van der Waals surface area contributed by atoms with Crippen molar-refractivity contribution < 1.29 is 4.92 Å².